The van der Waals surface area contributed by atoms with Gasteiger partial charge < -0.3 is 9.88 Å². The van der Waals surface area contributed by atoms with Gasteiger partial charge in [0.15, 0.2) is 5.65 Å². The number of benzene rings is 1. The molecule has 27 heavy (non-hydrogen) atoms. The number of hydrogen-bond donors (Lipinski definition) is 2. The summed E-state index contributed by atoms with van der Waals surface area (Å²) in [6, 6.07) is 7.11. The van der Waals surface area contributed by atoms with Gasteiger partial charge in [-0.1, -0.05) is 12.1 Å². The van der Waals surface area contributed by atoms with Gasteiger partial charge >= 0.3 is 0 Å². The first-order valence-electron chi connectivity index (χ1n) is 8.79. The van der Waals surface area contributed by atoms with E-state index in [9.17, 15) is 9.59 Å². The van der Waals surface area contributed by atoms with Crippen molar-refractivity contribution in [3.8, 4) is 0 Å². The number of fused-ring (bicyclic) bond motifs is 2. The van der Waals surface area contributed by atoms with E-state index < -0.39 is 0 Å². The number of anilines is 1. The minimum absolute atomic E-state index is 0.156. The molecule has 0 bridgehead atoms. The molecule has 1 saturated heterocycles. The molecule has 0 saturated carbocycles. The van der Waals surface area contributed by atoms with Crippen molar-refractivity contribution in [3.05, 3.63) is 57.0 Å². The predicted octanol–water partition coefficient (Wildman–Crippen LogP) is 1.23. The maximum absolute atomic E-state index is 12.4. The van der Waals surface area contributed by atoms with Crippen LogP contribution in [0.4, 0.5) is 5.95 Å². The van der Waals surface area contributed by atoms with Crippen LogP contribution in [0.5, 0.6) is 0 Å². The Morgan fingerprint density at radius 2 is 1.89 bits per heavy atom. The van der Waals surface area contributed by atoms with Crippen molar-refractivity contribution < 1.29 is 0 Å². The third-order valence-electron chi connectivity index (χ3n) is 5.06. The minimum Gasteiger partial charge on any atom is -0.332 e. The zero-order valence-electron chi connectivity index (χ0n) is 14.6. The van der Waals surface area contributed by atoms with Crippen molar-refractivity contribution in [1.29, 1.82) is 0 Å². The minimum atomic E-state index is -0.228. The number of aryl methyl sites for hydroxylation is 1. The Labute approximate surface area is 152 Å². The van der Waals surface area contributed by atoms with Crippen molar-refractivity contribution >= 4 is 27.9 Å². The number of aromatic nitrogens is 6. The molecule has 9 heteroatoms. The van der Waals surface area contributed by atoms with E-state index >= 15 is 0 Å². The van der Waals surface area contributed by atoms with Crippen LogP contribution in [0.1, 0.15) is 24.7 Å². The van der Waals surface area contributed by atoms with Gasteiger partial charge in [0, 0.05) is 13.6 Å². The van der Waals surface area contributed by atoms with Crippen LogP contribution in [0.3, 0.4) is 0 Å². The van der Waals surface area contributed by atoms with Gasteiger partial charge in [-0.15, -0.1) is 0 Å². The van der Waals surface area contributed by atoms with Crippen LogP contribution in [0.2, 0.25) is 0 Å². The highest BCUT2D eigenvalue weighted by Crippen LogP contribution is 2.32. The van der Waals surface area contributed by atoms with Crippen LogP contribution in [0.15, 0.2) is 40.1 Å². The second kappa shape index (κ2) is 5.76. The van der Waals surface area contributed by atoms with E-state index in [1.54, 1.807) is 17.8 Å². The molecule has 9 nitrogen and oxygen atoms in total. The summed E-state index contributed by atoms with van der Waals surface area (Å²) in [7, 11) is 1.75. The molecule has 3 aromatic heterocycles. The van der Waals surface area contributed by atoms with E-state index in [1.165, 1.54) is 6.20 Å². The number of H-pyrrole nitrogens is 2. The summed E-state index contributed by atoms with van der Waals surface area (Å²) < 4.78 is 1.58. The van der Waals surface area contributed by atoms with Crippen LogP contribution in [-0.2, 0) is 7.05 Å². The van der Waals surface area contributed by atoms with Gasteiger partial charge in [0.1, 0.15) is 11.2 Å². The summed E-state index contributed by atoms with van der Waals surface area (Å²) in [6.07, 6.45) is 3.23. The fraction of sp³-hybridized carbons (Fsp3) is 0.278. The lowest BCUT2D eigenvalue weighted by atomic mass is 10.2. The van der Waals surface area contributed by atoms with Crippen LogP contribution >= 0.6 is 0 Å². The Kier molecular flexibility index (Phi) is 3.36. The number of aromatic amines is 2. The van der Waals surface area contributed by atoms with Gasteiger partial charge in [0.05, 0.1) is 23.1 Å². The third-order valence-corrected chi connectivity index (χ3v) is 5.06. The van der Waals surface area contributed by atoms with Crippen LogP contribution < -0.4 is 16.0 Å². The summed E-state index contributed by atoms with van der Waals surface area (Å²) >= 11 is 0. The van der Waals surface area contributed by atoms with Crippen LogP contribution in [0.25, 0.3) is 21.9 Å². The summed E-state index contributed by atoms with van der Waals surface area (Å²) in [5.41, 5.74) is 0.797. The molecular formula is C18H17N7O2. The monoisotopic (exact) mass is 363 g/mol. The van der Waals surface area contributed by atoms with E-state index in [1.807, 2.05) is 23.1 Å². The number of hydrogen-bond acceptors (Lipinski definition) is 6. The molecule has 1 unspecified atom stereocenters. The first kappa shape index (κ1) is 15.7. The summed E-state index contributed by atoms with van der Waals surface area (Å²) in [6.45, 7) is 0.716. The standard InChI is InChI=1S/C18H17N7O2/c1-24-15-11(9-19-24)17(27)23-18(22-15)25-8-4-7-13(25)14-20-12-6-3-2-5-10(12)16(26)21-14/h2-3,5-6,9,13H,4,7-8H2,1H3,(H,20,21,26)(H,22,23,27). The first-order chi connectivity index (χ1) is 13.1. The van der Waals surface area contributed by atoms with Crippen LogP contribution in [0, 0.1) is 0 Å². The predicted molar refractivity (Wildman–Crippen MR) is 101 cm³/mol. The van der Waals surface area contributed by atoms with Crippen LogP contribution in [-0.4, -0.2) is 36.3 Å². The summed E-state index contributed by atoms with van der Waals surface area (Å²) in [5.74, 6) is 1.05. The normalized spacial score (nSPS) is 17.2. The first-order valence-corrected chi connectivity index (χ1v) is 8.79. The number of para-hydroxylation sites is 1. The highest BCUT2D eigenvalue weighted by Gasteiger charge is 2.30. The second-order valence-corrected chi connectivity index (χ2v) is 6.71. The maximum Gasteiger partial charge on any atom is 0.263 e. The van der Waals surface area contributed by atoms with Gasteiger partial charge in [0.25, 0.3) is 11.1 Å². The SMILES string of the molecule is Cn1ncc2c(=O)[nH]c(N3CCCC3c3nc4ccccc4c(=O)[nH]3)nc21. The lowest BCUT2D eigenvalue weighted by molar-refractivity contribution is 0.653. The molecular weight excluding hydrogens is 346 g/mol. The second-order valence-electron chi connectivity index (χ2n) is 6.71. The zero-order chi connectivity index (χ0) is 18.5. The molecule has 1 aromatic carbocycles. The largest absolute Gasteiger partial charge is 0.332 e. The zero-order valence-corrected chi connectivity index (χ0v) is 14.6. The Bertz CT molecular complexity index is 1290. The van der Waals surface area contributed by atoms with Gasteiger partial charge in [-0.25, -0.2) is 4.98 Å². The molecule has 1 fully saturated rings. The van der Waals surface area contributed by atoms with Crippen molar-refractivity contribution in [2.24, 2.45) is 7.05 Å². The molecule has 1 aliphatic rings. The average Bonchev–Trinajstić information content (AvgIpc) is 3.29. The van der Waals surface area contributed by atoms with Gasteiger partial charge in [0.2, 0.25) is 5.95 Å². The lowest BCUT2D eigenvalue weighted by Crippen LogP contribution is -2.29. The molecule has 0 radical (unpaired) electrons. The van der Waals surface area contributed by atoms with Gasteiger partial charge in [-0.05, 0) is 25.0 Å². The summed E-state index contributed by atoms with van der Waals surface area (Å²) in [4.78, 5) is 41.8. The van der Waals surface area contributed by atoms with Gasteiger partial charge in [-0.3, -0.25) is 19.3 Å². The molecule has 4 aromatic rings. The molecule has 0 spiro atoms. The smallest absolute Gasteiger partial charge is 0.263 e. The topological polar surface area (TPSA) is 113 Å². The molecule has 4 heterocycles. The van der Waals surface area contributed by atoms with Gasteiger partial charge in [-0.2, -0.15) is 10.1 Å². The lowest BCUT2D eigenvalue weighted by Gasteiger charge is -2.24. The van der Waals surface area contributed by atoms with Crippen molar-refractivity contribution in [3.63, 3.8) is 0 Å². The van der Waals surface area contributed by atoms with E-state index in [4.69, 9.17) is 0 Å². The van der Waals surface area contributed by atoms with E-state index in [0.717, 1.165) is 12.8 Å². The van der Waals surface area contributed by atoms with Crippen molar-refractivity contribution in [2.45, 2.75) is 18.9 Å². The average molecular weight is 363 g/mol. The fourth-order valence-electron chi connectivity index (χ4n) is 3.72. The van der Waals surface area contributed by atoms with E-state index in [2.05, 4.69) is 25.0 Å². The summed E-state index contributed by atoms with van der Waals surface area (Å²) in [5, 5.41) is 5.12. The molecule has 1 atom stereocenters. The number of nitrogens with one attached hydrogen (secondary N) is 2. The third kappa shape index (κ3) is 2.42. The molecule has 136 valence electrons. The molecule has 0 amide bonds. The fourth-order valence-corrected chi connectivity index (χ4v) is 3.72. The highest BCUT2D eigenvalue weighted by atomic mass is 16.1. The van der Waals surface area contributed by atoms with E-state index in [-0.39, 0.29) is 17.2 Å². The Morgan fingerprint density at radius 3 is 2.78 bits per heavy atom. The Hall–Kier alpha value is -3.49. The molecule has 5 rings (SSSR count). The Balaban J connectivity index is 1.63. The molecule has 2 N–H and O–H groups in total. The number of rotatable bonds is 2. The number of nitrogens with zero attached hydrogens (tertiary/aromatic N) is 5. The van der Waals surface area contributed by atoms with Crippen molar-refractivity contribution in [2.75, 3.05) is 11.4 Å². The van der Waals surface area contributed by atoms with E-state index in [0.29, 0.717) is 40.3 Å². The molecule has 1 aliphatic heterocycles. The Morgan fingerprint density at radius 1 is 1.07 bits per heavy atom. The maximum atomic E-state index is 12.4. The highest BCUT2D eigenvalue weighted by molar-refractivity contribution is 5.77. The van der Waals surface area contributed by atoms with Crippen molar-refractivity contribution in [1.82, 2.24) is 29.7 Å². The quantitative estimate of drug-likeness (QED) is 0.554. The molecule has 0 aliphatic carbocycles.